The summed E-state index contributed by atoms with van der Waals surface area (Å²) in [5.74, 6) is -0.556. The van der Waals surface area contributed by atoms with E-state index in [9.17, 15) is 18.0 Å². The first kappa shape index (κ1) is 21.1. The van der Waals surface area contributed by atoms with Crippen molar-refractivity contribution < 1.29 is 22.5 Å². The highest BCUT2D eigenvalue weighted by molar-refractivity contribution is 7.93. The molecule has 0 unspecified atom stereocenters. The lowest BCUT2D eigenvalue weighted by Gasteiger charge is -2.29. The van der Waals surface area contributed by atoms with Crippen LogP contribution in [0.5, 0.6) is 0 Å². The number of amides is 1. The molecule has 31 heavy (non-hydrogen) atoms. The summed E-state index contributed by atoms with van der Waals surface area (Å²) in [6, 6.07) is 6.10. The first-order chi connectivity index (χ1) is 14.8. The van der Waals surface area contributed by atoms with E-state index >= 15 is 0 Å². The number of carbonyl (C=O) groups is 1. The molecule has 1 amide bonds. The monoisotopic (exact) mass is 447 g/mol. The Labute approximate surface area is 179 Å². The van der Waals surface area contributed by atoms with Gasteiger partial charge in [0.25, 0.3) is 5.91 Å². The number of nitrogens with zero attached hydrogens (tertiary/aromatic N) is 4. The lowest BCUT2D eigenvalue weighted by atomic mass is 10.1. The van der Waals surface area contributed by atoms with Crippen molar-refractivity contribution in [3.8, 4) is 0 Å². The maximum Gasteiger partial charge on any atom is 0.416 e. The van der Waals surface area contributed by atoms with Gasteiger partial charge in [-0.05, 0) is 24.3 Å². The Morgan fingerprint density at radius 2 is 2.03 bits per heavy atom. The van der Waals surface area contributed by atoms with Gasteiger partial charge in [0.15, 0.2) is 0 Å². The van der Waals surface area contributed by atoms with Gasteiger partial charge in [-0.1, -0.05) is 6.07 Å². The average Bonchev–Trinajstić information content (AvgIpc) is 2.78. The zero-order valence-electron chi connectivity index (χ0n) is 15.9. The topological polar surface area (TPSA) is 91.2 Å². The summed E-state index contributed by atoms with van der Waals surface area (Å²) in [5, 5.41) is 2.78. The Morgan fingerprint density at radius 1 is 1.19 bits per heavy atom. The molecule has 1 aliphatic rings. The highest BCUT2D eigenvalue weighted by Gasteiger charge is 2.30. The number of carbonyl (C=O) groups excluding carboxylic acids is 1. The smallest absolute Gasteiger partial charge is 0.365 e. The Hall–Kier alpha value is -3.18. The molecular formula is C20H16F3N5O2S. The molecule has 0 radical (unpaired) electrons. The van der Waals surface area contributed by atoms with Crippen molar-refractivity contribution in [3.05, 3.63) is 71.3 Å². The average molecular weight is 447 g/mol. The number of alkyl halides is 3. The van der Waals surface area contributed by atoms with Crippen LogP contribution in [-0.4, -0.2) is 32.0 Å². The quantitative estimate of drug-likeness (QED) is 0.456. The van der Waals surface area contributed by atoms with Crippen molar-refractivity contribution in [2.75, 3.05) is 16.8 Å². The number of aromatic nitrogens is 3. The highest BCUT2D eigenvalue weighted by Crippen LogP contribution is 2.31. The maximum atomic E-state index is 12.9. The predicted molar refractivity (Wildman–Crippen MR) is 109 cm³/mol. The molecule has 0 saturated heterocycles. The van der Waals surface area contributed by atoms with Crippen molar-refractivity contribution in [2.24, 2.45) is 0 Å². The van der Waals surface area contributed by atoms with Gasteiger partial charge in [0, 0.05) is 43.2 Å². The molecule has 0 atom stereocenters. The fourth-order valence-electron chi connectivity index (χ4n) is 3.26. The zero-order valence-corrected chi connectivity index (χ0v) is 16.7. The standard InChI is InChI=1S/C20H16F3N5O2S/c21-20(22,23)14-2-1-3-15(7-14)26-18(29)12-6-16(10-24-8-12)28-5-4-17-13(11-28)9-25-19(27-17)31-30/h1-3,6-10,30H,4-5,11H2,(H,26,29). The van der Waals surface area contributed by atoms with E-state index in [-0.39, 0.29) is 11.3 Å². The van der Waals surface area contributed by atoms with Crippen LogP contribution in [0.1, 0.15) is 27.2 Å². The van der Waals surface area contributed by atoms with Crippen LogP contribution >= 0.6 is 12.0 Å². The second-order valence-electron chi connectivity index (χ2n) is 6.85. The maximum absolute atomic E-state index is 12.9. The highest BCUT2D eigenvalue weighted by atomic mass is 32.2. The van der Waals surface area contributed by atoms with Crippen LogP contribution in [-0.2, 0) is 19.1 Å². The number of benzene rings is 1. The minimum Gasteiger partial charge on any atom is -0.365 e. The van der Waals surface area contributed by atoms with E-state index < -0.39 is 17.6 Å². The SMILES string of the molecule is O=C(Nc1cccc(C(F)(F)F)c1)c1cncc(N2CCc3nc(SO)ncc3C2)c1. The van der Waals surface area contributed by atoms with Gasteiger partial charge in [0.1, 0.15) is 0 Å². The second kappa shape index (κ2) is 8.52. The summed E-state index contributed by atoms with van der Waals surface area (Å²) in [7, 11) is 0. The van der Waals surface area contributed by atoms with E-state index in [4.69, 9.17) is 4.55 Å². The molecule has 0 fully saturated rings. The van der Waals surface area contributed by atoms with Gasteiger partial charge >= 0.3 is 6.18 Å². The predicted octanol–water partition coefficient (Wildman–Crippen LogP) is 4.27. The first-order valence-corrected chi connectivity index (χ1v) is 9.95. The van der Waals surface area contributed by atoms with Crippen LogP contribution in [0.15, 0.2) is 54.1 Å². The van der Waals surface area contributed by atoms with Gasteiger partial charge in [-0.3, -0.25) is 9.78 Å². The lowest BCUT2D eigenvalue weighted by molar-refractivity contribution is -0.137. The second-order valence-corrected chi connectivity index (χ2v) is 7.40. The number of nitrogens with one attached hydrogen (secondary N) is 1. The number of rotatable bonds is 4. The molecule has 0 saturated carbocycles. The molecule has 0 bridgehead atoms. The molecule has 3 heterocycles. The lowest BCUT2D eigenvalue weighted by Crippen LogP contribution is -2.31. The first-order valence-electron chi connectivity index (χ1n) is 9.18. The van der Waals surface area contributed by atoms with E-state index in [2.05, 4.69) is 20.3 Å². The molecule has 7 nitrogen and oxygen atoms in total. The summed E-state index contributed by atoms with van der Waals surface area (Å²) in [4.78, 5) is 27.1. The van der Waals surface area contributed by atoms with Crippen molar-refractivity contribution >= 4 is 29.3 Å². The molecule has 1 aromatic carbocycles. The van der Waals surface area contributed by atoms with Crippen molar-refractivity contribution in [1.29, 1.82) is 0 Å². The molecule has 0 spiro atoms. The molecule has 3 aromatic rings. The van der Waals surface area contributed by atoms with Gasteiger partial charge in [-0.25, -0.2) is 9.97 Å². The van der Waals surface area contributed by atoms with Crippen molar-refractivity contribution in [3.63, 3.8) is 0 Å². The molecule has 2 N–H and O–H groups in total. The van der Waals surface area contributed by atoms with E-state index in [0.29, 0.717) is 42.4 Å². The van der Waals surface area contributed by atoms with Gasteiger partial charge < -0.3 is 14.8 Å². The summed E-state index contributed by atoms with van der Waals surface area (Å²) in [6.45, 7) is 1.13. The molecular weight excluding hydrogens is 431 g/mol. The van der Waals surface area contributed by atoms with Crippen molar-refractivity contribution in [2.45, 2.75) is 24.3 Å². The summed E-state index contributed by atoms with van der Waals surface area (Å²) in [5.41, 5.74) is 1.89. The van der Waals surface area contributed by atoms with E-state index in [1.54, 1.807) is 18.5 Å². The largest absolute Gasteiger partial charge is 0.416 e. The molecule has 1 aliphatic heterocycles. The summed E-state index contributed by atoms with van der Waals surface area (Å²) < 4.78 is 47.7. The van der Waals surface area contributed by atoms with Crippen LogP contribution in [0, 0.1) is 0 Å². The van der Waals surface area contributed by atoms with Gasteiger partial charge in [-0.15, -0.1) is 0 Å². The summed E-state index contributed by atoms with van der Waals surface area (Å²) in [6.07, 6.45) is 0.771. The van der Waals surface area contributed by atoms with E-state index in [0.717, 1.165) is 23.4 Å². The number of hydrogen-bond donors (Lipinski definition) is 2. The van der Waals surface area contributed by atoms with Crippen LogP contribution in [0.3, 0.4) is 0 Å². The zero-order chi connectivity index (χ0) is 22.0. The molecule has 0 aliphatic carbocycles. The van der Waals surface area contributed by atoms with Crippen molar-refractivity contribution in [1.82, 2.24) is 15.0 Å². The van der Waals surface area contributed by atoms with Crippen LogP contribution in [0.25, 0.3) is 0 Å². The molecule has 2 aromatic heterocycles. The Bertz CT molecular complexity index is 1130. The Kier molecular flexibility index (Phi) is 5.79. The fraction of sp³-hybridized carbons (Fsp3) is 0.200. The number of hydrogen-bond acceptors (Lipinski definition) is 7. The molecule has 4 rings (SSSR count). The number of halogens is 3. The van der Waals surface area contributed by atoms with Crippen LogP contribution < -0.4 is 10.2 Å². The number of pyridine rings is 1. The fourth-order valence-corrected chi connectivity index (χ4v) is 3.51. The van der Waals surface area contributed by atoms with Crippen LogP contribution in [0.2, 0.25) is 0 Å². The normalized spacial score (nSPS) is 13.6. The van der Waals surface area contributed by atoms with E-state index in [1.807, 2.05) is 4.90 Å². The minimum absolute atomic E-state index is 0.0480. The number of anilines is 2. The summed E-state index contributed by atoms with van der Waals surface area (Å²) >= 11 is 0.494. The van der Waals surface area contributed by atoms with Gasteiger partial charge in [0.2, 0.25) is 5.16 Å². The van der Waals surface area contributed by atoms with Gasteiger partial charge in [-0.2, -0.15) is 13.2 Å². The molecule has 160 valence electrons. The van der Waals surface area contributed by atoms with E-state index in [1.165, 1.54) is 18.3 Å². The Morgan fingerprint density at radius 3 is 2.81 bits per heavy atom. The third-order valence-corrected chi connectivity index (χ3v) is 5.15. The third-order valence-electron chi connectivity index (χ3n) is 4.79. The van der Waals surface area contributed by atoms with Gasteiger partial charge in [0.05, 0.1) is 40.7 Å². The van der Waals surface area contributed by atoms with Crippen LogP contribution in [0.4, 0.5) is 24.5 Å². The third kappa shape index (κ3) is 4.78. The Balaban J connectivity index is 1.50. The number of fused-ring (bicyclic) bond motifs is 1. The minimum atomic E-state index is -4.49. The molecule has 11 heteroatoms.